The van der Waals surface area contributed by atoms with Crippen LogP contribution in [0.2, 0.25) is 0 Å². The summed E-state index contributed by atoms with van der Waals surface area (Å²) in [4.78, 5) is 0. The lowest BCUT2D eigenvalue weighted by atomic mass is 9.89. The van der Waals surface area contributed by atoms with Crippen LogP contribution in [0.15, 0.2) is 23.8 Å². The van der Waals surface area contributed by atoms with Gasteiger partial charge in [0.25, 0.3) is 0 Å². The zero-order valence-corrected chi connectivity index (χ0v) is 8.58. The average Bonchev–Trinajstić information content (AvgIpc) is 2.23. The molecule has 0 N–H and O–H groups in total. The first kappa shape index (κ1) is 9.91. The summed E-state index contributed by atoms with van der Waals surface area (Å²) in [5, 5.41) is 0.946. The first-order valence-corrected chi connectivity index (χ1v) is 5.61. The maximum Gasteiger partial charge on any atom is 0.0293 e. The summed E-state index contributed by atoms with van der Waals surface area (Å²) in [7, 11) is 0. The van der Waals surface area contributed by atoms with Crippen LogP contribution in [0, 0.1) is 5.92 Å². The summed E-state index contributed by atoms with van der Waals surface area (Å²) in [6, 6.07) is 0. The molecule has 1 heterocycles. The number of nitrogens with zero attached hydrogens (tertiary/aromatic N) is 1. The molecule has 0 atom stereocenters. The van der Waals surface area contributed by atoms with Gasteiger partial charge in [-0.1, -0.05) is 23.8 Å². The monoisotopic (exact) mass is 195 g/mol. The fourth-order valence-electron chi connectivity index (χ4n) is 2.26. The third-order valence-electron chi connectivity index (χ3n) is 3.16. The number of hydrogen-bond acceptors (Lipinski definition) is 1. The Bertz CT molecular complexity index is 237. The highest BCUT2D eigenvalue weighted by atomic mass is 19.2. The molecule has 2 rings (SSSR count). The molecule has 0 aromatic carbocycles. The van der Waals surface area contributed by atoms with Crippen molar-refractivity contribution in [3.05, 3.63) is 23.8 Å². The Kier molecular flexibility index (Phi) is 3.35. The molecule has 1 fully saturated rings. The van der Waals surface area contributed by atoms with Gasteiger partial charge in [0, 0.05) is 13.1 Å². The van der Waals surface area contributed by atoms with Crippen LogP contribution in [0.5, 0.6) is 0 Å². The summed E-state index contributed by atoms with van der Waals surface area (Å²) in [6.45, 7) is 1.25. The van der Waals surface area contributed by atoms with Gasteiger partial charge in [-0.25, -0.2) is 0 Å². The van der Waals surface area contributed by atoms with Crippen molar-refractivity contribution in [2.45, 2.75) is 32.1 Å². The third-order valence-corrected chi connectivity index (χ3v) is 3.16. The Balaban J connectivity index is 1.80. The molecule has 2 aliphatic rings. The van der Waals surface area contributed by atoms with Gasteiger partial charge < -0.3 is 0 Å². The number of halogens is 1. The van der Waals surface area contributed by atoms with E-state index >= 15 is 0 Å². The number of hydrogen-bond donors (Lipinski definition) is 0. The molecule has 1 saturated heterocycles. The van der Waals surface area contributed by atoms with E-state index in [0.717, 1.165) is 24.4 Å². The Morgan fingerprint density at radius 1 is 1.29 bits per heavy atom. The summed E-state index contributed by atoms with van der Waals surface area (Å²) in [5.74, 6) is 0.705. The standard InChI is InChI=1S/C12H18FN/c13-14-8-6-12(7-9-14)10-11-4-2-1-3-5-11/h2,4-5,12H,1,3,6-10H2. The number of piperidine rings is 1. The van der Waals surface area contributed by atoms with E-state index in [9.17, 15) is 4.48 Å². The Morgan fingerprint density at radius 3 is 2.71 bits per heavy atom. The van der Waals surface area contributed by atoms with Crippen molar-refractivity contribution < 1.29 is 4.48 Å². The summed E-state index contributed by atoms with van der Waals surface area (Å²) >= 11 is 0. The zero-order valence-electron chi connectivity index (χ0n) is 8.58. The van der Waals surface area contributed by atoms with Crippen molar-refractivity contribution in [3.63, 3.8) is 0 Å². The second kappa shape index (κ2) is 4.74. The summed E-state index contributed by atoms with van der Waals surface area (Å²) in [5.41, 5.74) is 1.47. The van der Waals surface area contributed by atoms with E-state index in [1.165, 1.54) is 18.4 Å². The highest BCUT2D eigenvalue weighted by molar-refractivity contribution is 5.22. The SMILES string of the molecule is FN1CCC(CC2=CCCC=C2)CC1. The molecule has 1 aliphatic carbocycles. The van der Waals surface area contributed by atoms with Crippen LogP contribution < -0.4 is 0 Å². The van der Waals surface area contributed by atoms with Crippen molar-refractivity contribution in [3.8, 4) is 0 Å². The van der Waals surface area contributed by atoms with E-state index in [0.29, 0.717) is 19.0 Å². The van der Waals surface area contributed by atoms with Crippen molar-refractivity contribution in [1.82, 2.24) is 5.12 Å². The van der Waals surface area contributed by atoms with Gasteiger partial charge in [-0.05, 0) is 38.0 Å². The molecule has 0 amide bonds. The predicted molar refractivity (Wildman–Crippen MR) is 56.5 cm³/mol. The first-order chi connectivity index (χ1) is 6.84. The molecule has 0 saturated carbocycles. The van der Waals surface area contributed by atoms with Crippen LogP contribution in [0.1, 0.15) is 32.1 Å². The number of rotatable bonds is 2. The van der Waals surface area contributed by atoms with Gasteiger partial charge in [-0.3, -0.25) is 0 Å². The minimum absolute atomic E-state index is 0.627. The van der Waals surface area contributed by atoms with Crippen molar-refractivity contribution >= 4 is 0 Å². The molecule has 0 aromatic heterocycles. The zero-order chi connectivity index (χ0) is 9.80. The lowest BCUT2D eigenvalue weighted by Gasteiger charge is -2.26. The lowest BCUT2D eigenvalue weighted by molar-refractivity contribution is -0.00843. The maximum absolute atomic E-state index is 12.7. The van der Waals surface area contributed by atoms with Gasteiger partial charge in [-0.15, -0.1) is 9.60 Å². The van der Waals surface area contributed by atoms with E-state index in [2.05, 4.69) is 18.2 Å². The normalized spacial score (nSPS) is 25.1. The molecule has 1 nitrogen and oxygen atoms in total. The van der Waals surface area contributed by atoms with Gasteiger partial charge in [0.1, 0.15) is 0 Å². The van der Waals surface area contributed by atoms with Gasteiger partial charge in [0.2, 0.25) is 0 Å². The van der Waals surface area contributed by atoms with E-state index in [1.807, 2.05) is 0 Å². The lowest BCUT2D eigenvalue weighted by Crippen LogP contribution is -2.27. The summed E-state index contributed by atoms with van der Waals surface area (Å²) in [6.07, 6.45) is 12.4. The molecule has 0 radical (unpaired) electrons. The molecule has 0 bridgehead atoms. The Morgan fingerprint density at radius 2 is 2.07 bits per heavy atom. The van der Waals surface area contributed by atoms with E-state index in [4.69, 9.17) is 0 Å². The molecular formula is C12H18FN. The molecule has 1 aliphatic heterocycles. The van der Waals surface area contributed by atoms with Gasteiger partial charge in [0.05, 0.1) is 0 Å². The number of allylic oxidation sites excluding steroid dienone is 4. The van der Waals surface area contributed by atoms with E-state index in [1.54, 1.807) is 0 Å². The highest BCUT2D eigenvalue weighted by Crippen LogP contribution is 2.26. The Hall–Kier alpha value is -0.630. The minimum Gasteiger partial charge on any atom is -0.146 e. The fourth-order valence-corrected chi connectivity index (χ4v) is 2.26. The Labute approximate surface area is 85.2 Å². The molecule has 0 aromatic rings. The molecular weight excluding hydrogens is 177 g/mol. The van der Waals surface area contributed by atoms with Crippen LogP contribution in [0.4, 0.5) is 4.48 Å². The molecule has 0 spiro atoms. The van der Waals surface area contributed by atoms with Crippen molar-refractivity contribution in [1.29, 1.82) is 0 Å². The van der Waals surface area contributed by atoms with Crippen LogP contribution in [-0.4, -0.2) is 18.2 Å². The van der Waals surface area contributed by atoms with E-state index < -0.39 is 0 Å². The highest BCUT2D eigenvalue weighted by Gasteiger charge is 2.19. The first-order valence-electron chi connectivity index (χ1n) is 5.61. The molecule has 14 heavy (non-hydrogen) atoms. The van der Waals surface area contributed by atoms with Gasteiger partial charge in [0.15, 0.2) is 0 Å². The second-order valence-electron chi connectivity index (χ2n) is 4.32. The smallest absolute Gasteiger partial charge is 0.0293 e. The van der Waals surface area contributed by atoms with Crippen LogP contribution >= 0.6 is 0 Å². The van der Waals surface area contributed by atoms with Crippen LogP contribution in [0.25, 0.3) is 0 Å². The minimum atomic E-state index is 0.627. The van der Waals surface area contributed by atoms with Crippen LogP contribution in [-0.2, 0) is 0 Å². The summed E-state index contributed by atoms with van der Waals surface area (Å²) < 4.78 is 12.7. The molecule has 2 heteroatoms. The third kappa shape index (κ3) is 2.68. The average molecular weight is 195 g/mol. The van der Waals surface area contributed by atoms with E-state index in [-0.39, 0.29) is 0 Å². The fraction of sp³-hybridized carbons (Fsp3) is 0.667. The molecule has 78 valence electrons. The predicted octanol–water partition coefficient (Wildman–Crippen LogP) is 3.25. The topological polar surface area (TPSA) is 3.24 Å². The van der Waals surface area contributed by atoms with Gasteiger partial charge in [-0.2, -0.15) is 0 Å². The van der Waals surface area contributed by atoms with Crippen molar-refractivity contribution in [2.24, 2.45) is 5.92 Å². The second-order valence-corrected chi connectivity index (χ2v) is 4.32. The largest absolute Gasteiger partial charge is 0.146 e. The maximum atomic E-state index is 12.7. The quantitative estimate of drug-likeness (QED) is 0.611. The molecule has 0 unspecified atom stereocenters. The van der Waals surface area contributed by atoms with Crippen LogP contribution in [0.3, 0.4) is 0 Å². The van der Waals surface area contributed by atoms with Crippen molar-refractivity contribution in [2.75, 3.05) is 13.1 Å². The van der Waals surface area contributed by atoms with Gasteiger partial charge >= 0.3 is 0 Å².